The number of halogens is 1. The topological polar surface area (TPSA) is 74.7 Å². The molecule has 1 N–H and O–H groups in total. The second kappa shape index (κ2) is 6.56. The fourth-order valence-corrected chi connectivity index (χ4v) is 3.72. The highest BCUT2D eigenvalue weighted by molar-refractivity contribution is 7.89. The van der Waals surface area contributed by atoms with Gasteiger partial charge in [-0.15, -0.1) is 0 Å². The van der Waals surface area contributed by atoms with Crippen LogP contribution in [0.25, 0.3) is 0 Å². The SMILES string of the molecule is CCCC(C)N(C)S(=O)(=O)c1cc(C(=O)O)ccc1Cl. The molecule has 0 spiro atoms. The Balaban J connectivity index is 3.27. The predicted octanol–water partition coefficient (Wildman–Crippen LogP) is 2.85. The summed E-state index contributed by atoms with van der Waals surface area (Å²) >= 11 is 5.91. The average molecular weight is 320 g/mol. The van der Waals surface area contributed by atoms with Gasteiger partial charge in [-0.3, -0.25) is 0 Å². The van der Waals surface area contributed by atoms with Crippen molar-refractivity contribution in [2.75, 3.05) is 7.05 Å². The van der Waals surface area contributed by atoms with Crippen molar-refractivity contribution in [3.63, 3.8) is 0 Å². The van der Waals surface area contributed by atoms with Crippen LogP contribution in [0.15, 0.2) is 23.1 Å². The van der Waals surface area contributed by atoms with Crippen molar-refractivity contribution in [2.45, 2.75) is 37.6 Å². The summed E-state index contributed by atoms with van der Waals surface area (Å²) in [6.45, 7) is 3.77. The molecule has 0 heterocycles. The van der Waals surface area contributed by atoms with Gasteiger partial charge in [-0.25, -0.2) is 13.2 Å². The van der Waals surface area contributed by atoms with Gasteiger partial charge in [0.15, 0.2) is 0 Å². The number of nitrogens with zero attached hydrogens (tertiary/aromatic N) is 1. The first-order valence-electron chi connectivity index (χ1n) is 6.22. The number of carboxylic acid groups (broad SMARTS) is 1. The van der Waals surface area contributed by atoms with Gasteiger partial charge in [0.1, 0.15) is 4.90 Å². The Morgan fingerprint density at radius 1 is 1.45 bits per heavy atom. The second-order valence-electron chi connectivity index (χ2n) is 4.61. The van der Waals surface area contributed by atoms with Crippen LogP contribution >= 0.6 is 11.6 Å². The Hall–Kier alpha value is -1.11. The summed E-state index contributed by atoms with van der Waals surface area (Å²) in [4.78, 5) is 10.8. The summed E-state index contributed by atoms with van der Waals surface area (Å²) in [7, 11) is -2.34. The summed E-state index contributed by atoms with van der Waals surface area (Å²) in [5.74, 6) is -1.19. The van der Waals surface area contributed by atoms with E-state index in [4.69, 9.17) is 16.7 Å². The van der Waals surface area contributed by atoms with Gasteiger partial charge in [0.05, 0.1) is 10.6 Å². The Labute approximate surface area is 124 Å². The van der Waals surface area contributed by atoms with Crippen LogP contribution in [0.3, 0.4) is 0 Å². The van der Waals surface area contributed by atoms with Crippen molar-refractivity contribution in [2.24, 2.45) is 0 Å². The molecule has 0 fully saturated rings. The summed E-state index contributed by atoms with van der Waals surface area (Å²) in [6.07, 6.45) is 1.57. The molecule has 1 unspecified atom stereocenters. The van der Waals surface area contributed by atoms with E-state index >= 15 is 0 Å². The molecule has 0 saturated carbocycles. The molecule has 0 amide bonds. The molecule has 0 aliphatic carbocycles. The Morgan fingerprint density at radius 2 is 2.05 bits per heavy atom. The van der Waals surface area contributed by atoms with Crippen molar-refractivity contribution in [1.82, 2.24) is 4.31 Å². The molecular weight excluding hydrogens is 302 g/mol. The maximum absolute atomic E-state index is 12.5. The van der Waals surface area contributed by atoms with Gasteiger partial charge in [-0.2, -0.15) is 4.31 Å². The molecule has 1 aromatic rings. The third-order valence-corrected chi connectivity index (χ3v) is 5.62. The van der Waals surface area contributed by atoms with E-state index in [1.807, 2.05) is 6.92 Å². The fraction of sp³-hybridized carbons (Fsp3) is 0.462. The van der Waals surface area contributed by atoms with Gasteiger partial charge in [0.25, 0.3) is 0 Å². The van der Waals surface area contributed by atoms with Crippen molar-refractivity contribution < 1.29 is 18.3 Å². The van der Waals surface area contributed by atoms with Crippen molar-refractivity contribution >= 4 is 27.6 Å². The highest BCUT2D eigenvalue weighted by atomic mass is 35.5. The van der Waals surface area contributed by atoms with E-state index in [2.05, 4.69) is 0 Å². The zero-order chi connectivity index (χ0) is 15.5. The molecular formula is C13H18ClNO4S. The molecule has 20 heavy (non-hydrogen) atoms. The van der Waals surface area contributed by atoms with Gasteiger partial charge in [0.2, 0.25) is 10.0 Å². The Bertz CT molecular complexity index is 600. The zero-order valence-electron chi connectivity index (χ0n) is 11.6. The van der Waals surface area contributed by atoms with Crippen LogP contribution in [0.4, 0.5) is 0 Å². The molecule has 5 nitrogen and oxygen atoms in total. The fourth-order valence-electron chi connectivity index (χ4n) is 1.83. The van der Waals surface area contributed by atoms with Gasteiger partial charge < -0.3 is 5.11 Å². The van der Waals surface area contributed by atoms with Crippen LogP contribution in [-0.4, -0.2) is 36.9 Å². The zero-order valence-corrected chi connectivity index (χ0v) is 13.2. The normalized spacial score (nSPS) is 13.4. The maximum Gasteiger partial charge on any atom is 0.335 e. The van der Waals surface area contributed by atoms with Crippen LogP contribution in [0.1, 0.15) is 37.0 Å². The molecule has 1 aromatic carbocycles. The molecule has 1 atom stereocenters. The number of sulfonamides is 1. The molecule has 0 bridgehead atoms. The summed E-state index contributed by atoms with van der Waals surface area (Å²) in [5, 5.41) is 8.97. The first-order valence-corrected chi connectivity index (χ1v) is 8.04. The van der Waals surface area contributed by atoms with Crippen molar-refractivity contribution in [3.05, 3.63) is 28.8 Å². The smallest absolute Gasteiger partial charge is 0.335 e. The number of carbonyl (C=O) groups is 1. The summed E-state index contributed by atoms with van der Waals surface area (Å²) < 4.78 is 26.2. The van der Waals surface area contributed by atoms with Crippen molar-refractivity contribution in [3.8, 4) is 0 Å². The number of rotatable bonds is 6. The van der Waals surface area contributed by atoms with Crippen LogP contribution in [0.2, 0.25) is 5.02 Å². The van der Waals surface area contributed by atoms with Crippen molar-refractivity contribution in [1.29, 1.82) is 0 Å². The van der Waals surface area contributed by atoms with Gasteiger partial charge >= 0.3 is 5.97 Å². The minimum atomic E-state index is -3.81. The minimum Gasteiger partial charge on any atom is -0.478 e. The standard InChI is InChI=1S/C13H18ClNO4S/c1-4-5-9(2)15(3)20(18,19)12-8-10(13(16)17)6-7-11(12)14/h6-9H,4-5H2,1-3H3,(H,16,17). The lowest BCUT2D eigenvalue weighted by Crippen LogP contribution is -2.35. The molecule has 0 aliphatic rings. The minimum absolute atomic E-state index is 0.0190. The van der Waals surface area contributed by atoms with E-state index in [0.717, 1.165) is 12.5 Å². The van der Waals surface area contributed by atoms with E-state index in [0.29, 0.717) is 6.42 Å². The lowest BCUT2D eigenvalue weighted by Gasteiger charge is -2.24. The molecule has 112 valence electrons. The van der Waals surface area contributed by atoms with E-state index in [1.165, 1.54) is 23.5 Å². The van der Waals surface area contributed by atoms with Crippen LogP contribution in [0, 0.1) is 0 Å². The van der Waals surface area contributed by atoms with E-state index in [-0.39, 0.29) is 21.5 Å². The third kappa shape index (κ3) is 3.50. The predicted molar refractivity (Wildman–Crippen MR) is 77.7 cm³/mol. The lowest BCUT2D eigenvalue weighted by atomic mass is 10.2. The molecule has 7 heteroatoms. The van der Waals surface area contributed by atoms with Crippen LogP contribution in [0.5, 0.6) is 0 Å². The van der Waals surface area contributed by atoms with E-state index < -0.39 is 16.0 Å². The Kier molecular flexibility index (Phi) is 5.56. The average Bonchev–Trinajstić information content (AvgIpc) is 2.37. The quantitative estimate of drug-likeness (QED) is 0.875. The van der Waals surface area contributed by atoms with Gasteiger partial charge in [-0.1, -0.05) is 24.9 Å². The molecule has 0 aromatic heterocycles. The van der Waals surface area contributed by atoms with Gasteiger partial charge in [-0.05, 0) is 31.5 Å². The molecule has 0 saturated heterocycles. The second-order valence-corrected chi connectivity index (χ2v) is 6.98. The summed E-state index contributed by atoms with van der Waals surface area (Å²) in [5.41, 5.74) is -0.107. The van der Waals surface area contributed by atoms with Gasteiger partial charge in [0, 0.05) is 13.1 Å². The first-order chi connectivity index (χ1) is 9.21. The first kappa shape index (κ1) is 16.9. The maximum atomic E-state index is 12.5. The number of benzene rings is 1. The monoisotopic (exact) mass is 319 g/mol. The highest BCUT2D eigenvalue weighted by Gasteiger charge is 2.27. The number of aromatic carboxylic acids is 1. The molecule has 0 aliphatic heterocycles. The van der Waals surface area contributed by atoms with E-state index in [1.54, 1.807) is 6.92 Å². The third-order valence-electron chi connectivity index (χ3n) is 3.16. The summed E-state index contributed by atoms with van der Waals surface area (Å²) in [6, 6.07) is 3.47. The Morgan fingerprint density at radius 3 is 2.55 bits per heavy atom. The largest absolute Gasteiger partial charge is 0.478 e. The van der Waals surface area contributed by atoms with Crippen LogP contribution in [-0.2, 0) is 10.0 Å². The molecule has 1 rings (SSSR count). The molecule has 0 radical (unpaired) electrons. The number of hydrogen-bond acceptors (Lipinski definition) is 3. The number of hydrogen-bond donors (Lipinski definition) is 1. The van der Waals surface area contributed by atoms with Crippen LogP contribution < -0.4 is 0 Å². The lowest BCUT2D eigenvalue weighted by molar-refractivity contribution is 0.0696. The number of carboxylic acids is 1. The van der Waals surface area contributed by atoms with E-state index in [9.17, 15) is 13.2 Å². The highest BCUT2D eigenvalue weighted by Crippen LogP contribution is 2.27.